The molecule has 0 aromatic heterocycles. The summed E-state index contributed by atoms with van der Waals surface area (Å²) in [5.74, 6) is -10.2. The predicted octanol–water partition coefficient (Wildman–Crippen LogP) is 1.93. The number of rotatable bonds is 1. The van der Waals surface area contributed by atoms with E-state index in [9.17, 15) is 22.0 Å². The van der Waals surface area contributed by atoms with Crippen LogP contribution in [0.2, 0.25) is 0 Å². The largest absolute Gasteiger partial charge is 0.449 e. The monoisotopic (exact) mass is 220 g/mol. The van der Waals surface area contributed by atoms with Crippen LogP contribution in [0.25, 0.3) is 0 Å². The summed E-state index contributed by atoms with van der Waals surface area (Å²) >= 11 is 0. The maximum Gasteiger partial charge on any atom is 0.449 e. The van der Waals surface area contributed by atoms with Gasteiger partial charge < -0.3 is 9.84 Å². The predicted molar refractivity (Wildman–Crippen MR) is 35.7 cm³/mol. The molecule has 7 heteroatoms. The Kier molecular flexibility index (Phi) is 2.52. The van der Waals surface area contributed by atoms with Gasteiger partial charge in [0.1, 0.15) is 0 Å². The average Bonchev–Trinajstić information content (AvgIpc) is 2.23. The first kappa shape index (κ1) is 11.6. The zero-order chi connectivity index (χ0) is 11.2. The molecule has 84 valence electrons. The van der Waals surface area contributed by atoms with Gasteiger partial charge >= 0.3 is 17.9 Å². The van der Waals surface area contributed by atoms with Crippen molar-refractivity contribution in [1.82, 2.24) is 0 Å². The number of aliphatic hydroxyl groups is 1. The highest BCUT2D eigenvalue weighted by molar-refractivity contribution is 5.00. The summed E-state index contributed by atoms with van der Waals surface area (Å²) in [6.07, 6.45) is -5.67. The zero-order valence-corrected chi connectivity index (χ0v) is 7.24. The van der Waals surface area contributed by atoms with Gasteiger partial charge in [0.05, 0.1) is 12.5 Å². The molecule has 0 saturated carbocycles. The Bertz CT molecular complexity index is 227. The van der Waals surface area contributed by atoms with Gasteiger partial charge in [-0.1, -0.05) is 6.92 Å². The quantitative estimate of drug-likeness (QED) is 0.684. The molecule has 1 heterocycles. The van der Waals surface area contributed by atoms with E-state index in [-0.39, 0.29) is 6.42 Å². The summed E-state index contributed by atoms with van der Waals surface area (Å²) in [6, 6.07) is 0. The Morgan fingerprint density at radius 2 is 1.93 bits per heavy atom. The van der Waals surface area contributed by atoms with Gasteiger partial charge in [-0.3, -0.25) is 0 Å². The second kappa shape index (κ2) is 3.03. The third-order valence-electron chi connectivity index (χ3n) is 2.33. The van der Waals surface area contributed by atoms with E-state index in [1.54, 1.807) is 0 Å². The summed E-state index contributed by atoms with van der Waals surface area (Å²) in [5.41, 5.74) is 0. The minimum atomic E-state index is -5.49. The molecule has 1 saturated heterocycles. The lowest BCUT2D eigenvalue weighted by molar-refractivity contribution is -0.404. The molecule has 1 N–H and O–H groups in total. The summed E-state index contributed by atoms with van der Waals surface area (Å²) in [4.78, 5) is 0. The molecule has 0 amide bonds. The topological polar surface area (TPSA) is 29.5 Å². The molecule has 0 spiro atoms. The summed E-state index contributed by atoms with van der Waals surface area (Å²) in [5, 5.41) is 8.76. The van der Waals surface area contributed by atoms with Gasteiger partial charge in [0, 0.05) is 0 Å². The molecule has 0 radical (unpaired) electrons. The van der Waals surface area contributed by atoms with Crippen molar-refractivity contribution in [1.29, 1.82) is 0 Å². The van der Waals surface area contributed by atoms with Crippen LogP contribution in [-0.2, 0) is 4.74 Å². The number of ether oxygens (including phenoxy) is 1. The van der Waals surface area contributed by atoms with Crippen molar-refractivity contribution < 1.29 is 31.8 Å². The molecule has 0 bridgehead atoms. The summed E-state index contributed by atoms with van der Waals surface area (Å²) < 4.78 is 66.2. The molecule has 0 aromatic carbocycles. The molecule has 2 nitrogen and oxygen atoms in total. The van der Waals surface area contributed by atoms with Crippen LogP contribution in [-0.4, -0.2) is 29.6 Å². The average molecular weight is 220 g/mol. The van der Waals surface area contributed by atoms with E-state index in [1.165, 1.54) is 6.92 Å². The Balaban J connectivity index is 3.04. The van der Waals surface area contributed by atoms with Crippen LogP contribution in [0.1, 0.15) is 13.3 Å². The van der Waals surface area contributed by atoms with Crippen LogP contribution in [0.4, 0.5) is 22.0 Å². The van der Waals surface area contributed by atoms with E-state index in [0.717, 1.165) is 0 Å². The van der Waals surface area contributed by atoms with Crippen molar-refractivity contribution in [3.8, 4) is 0 Å². The molecule has 2 unspecified atom stereocenters. The fourth-order valence-corrected chi connectivity index (χ4v) is 1.34. The van der Waals surface area contributed by atoms with Crippen LogP contribution in [0.15, 0.2) is 0 Å². The number of hydrogen-bond acceptors (Lipinski definition) is 2. The normalized spacial score (nSPS) is 37.5. The molecular weight excluding hydrogens is 211 g/mol. The number of hydrogen-bond donors (Lipinski definition) is 1. The maximum absolute atomic E-state index is 13.1. The van der Waals surface area contributed by atoms with Gasteiger partial charge in [0.15, 0.2) is 0 Å². The van der Waals surface area contributed by atoms with E-state index in [2.05, 4.69) is 4.74 Å². The first-order chi connectivity index (χ1) is 6.17. The number of halogens is 5. The first-order valence-electron chi connectivity index (χ1n) is 3.97. The smallest absolute Gasteiger partial charge is 0.354 e. The zero-order valence-electron chi connectivity index (χ0n) is 7.24. The Hall–Kier alpha value is -0.430. The van der Waals surface area contributed by atoms with Gasteiger partial charge in [-0.25, -0.2) is 0 Å². The van der Waals surface area contributed by atoms with E-state index < -0.39 is 30.4 Å². The molecular formula is C7H9F5O2. The van der Waals surface area contributed by atoms with Gasteiger partial charge in [0.2, 0.25) is 0 Å². The van der Waals surface area contributed by atoms with Gasteiger partial charge in [-0.2, -0.15) is 22.0 Å². The highest BCUT2D eigenvalue weighted by Crippen LogP contribution is 2.52. The summed E-state index contributed by atoms with van der Waals surface area (Å²) in [7, 11) is 0. The van der Waals surface area contributed by atoms with Gasteiger partial charge in [-0.05, 0) is 6.42 Å². The minimum Gasteiger partial charge on any atom is -0.354 e. The molecule has 1 fully saturated rings. The molecule has 1 rings (SSSR count). The molecule has 2 atom stereocenters. The number of alkyl halides is 5. The lowest BCUT2D eigenvalue weighted by atomic mass is 9.95. The van der Waals surface area contributed by atoms with Gasteiger partial charge in [0.25, 0.3) is 0 Å². The second-order valence-electron chi connectivity index (χ2n) is 3.18. The van der Waals surface area contributed by atoms with Crippen LogP contribution in [0, 0.1) is 5.92 Å². The van der Waals surface area contributed by atoms with Crippen LogP contribution < -0.4 is 0 Å². The standard InChI is InChI=1S/C7H9F5O2/c1-2-4-3-14-6(13,5(4,8)9)7(10,11)12/h4,13H,2-3H2,1H3. The van der Waals surface area contributed by atoms with Crippen molar-refractivity contribution in [2.75, 3.05) is 6.61 Å². The van der Waals surface area contributed by atoms with Crippen LogP contribution >= 0.6 is 0 Å². The maximum atomic E-state index is 13.1. The molecule has 0 aliphatic carbocycles. The van der Waals surface area contributed by atoms with Crippen molar-refractivity contribution in [3.63, 3.8) is 0 Å². The highest BCUT2D eigenvalue weighted by Gasteiger charge is 2.76. The minimum absolute atomic E-state index is 0.189. The van der Waals surface area contributed by atoms with Crippen molar-refractivity contribution in [2.24, 2.45) is 5.92 Å². The fourth-order valence-electron chi connectivity index (χ4n) is 1.34. The lowest BCUT2D eigenvalue weighted by Gasteiger charge is -2.31. The Morgan fingerprint density at radius 1 is 1.43 bits per heavy atom. The summed E-state index contributed by atoms with van der Waals surface area (Å²) in [6.45, 7) is 0.517. The van der Waals surface area contributed by atoms with E-state index in [0.29, 0.717) is 0 Å². The third-order valence-corrected chi connectivity index (χ3v) is 2.33. The van der Waals surface area contributed by atoms with E-state index in [4.69, 9.17) is 5.11 Å². The van der Waals surface area contributed by atoms with E-state index >= 15 is 0 Å². The van der Waals surface area contributed by atoms with Crippen molar-refractivity contribution >= 4 is 0 Å². The fraction of sp³-hybridized carbons (Fsp3) is 1.00. The molecule has 1 aliphatic rings. The van der Waals surface area contributed by atoms with Crippen LogP contribution in [0.3, 0.4) is 0 Å². The Labute approximate surface area is 76.7 Å². The van der Waals surface area contributed by atoms with E-state index in [1.807, 2.05) is 0 Å². The SMILES string of the molecule is CCC1COC(O)(C(F)(F)F)C1(F)F. The molecule has 14 heavy (non-hydrogen) atoms. The Morgan fingerprint density at radius 3 is 2.14 bits per heavy atom. The van der Waals surface area contributed by atoms with Gasteiger partial charge in [-0.15, -0.1) is 0 Å². The third kappa shape index (κ3) is 1.30. The lowest BCUT2D eigenvalue weighted by Crippen LogP contribution is -2.58. The molecule has 1 aliphatic heterocycles. The van der Waals surface area contributed by atoms with Crippen LogP contribution in [0.5, 0.6) is 0 Å². The van der Waals surface area contributed by atoms with Crippen molar-refractivity contribution in [3.05, 3.63) is 0 Å². The first-order valence-corrected chi connectivity index (χ1v) is 3.97. The second-order valence-corrected chi connectivity index (χ2v) is 3.18. The van der Waals surface area contributed by atoms with Crippen molar-refractivity contribution in [2.45, 2.75) is 31.2 Å². The molecule has 0 aromatic rings. The highest BCUT2D eigenvalue weighted by atomic mass is 19.4.